The van der Waals surface area contributed by atoms with Crippen LogP contribution in [0.25, 0.3) is 0 Å². The second kappa shape index (κ2) is 6.98. The van der Waals surface area contributed by atoms with E-state index in [2.05, 4.69) is 56.8 Å². The van der Waals surface area contributed by atoms with Crippen LogP contribution in [0.15, 0.2) is 23.3 Å². The minimum absolute atomic E-state index is 0.0153. The summed E-state index contributed by atoms with van der Waals surface area (Å²) < 4.78 is 1.79. The van der Waals surface area contributed by atoms with Crippen LogP contribution >= 0.6 is 0 Å². The highest BCUT2D eigenvalue weighted by molar-refractivity contribution is 5.84. The molecule has 0 unspecified atom stereocenters. The molecule has 136 valence electrons. The Morgan fingerprint density at radius 3 is 2.40 bits per heavy atom. The fourth-order valence-corrected chi connectivity index (χ4v) is 2.72. The standard InChI is InChI=1S/C20H30N4O/c1-19(2,3)10-17-13-24(23-22-17)12-15-9-16(20(4,5)6)8-14(11-21-7)18(15)25/h8-9,11,13,25H,10,12H2,1-7H3. The molecule has 0 spiro atoms. The fraction of sp³-hybridized carbons (Fsp3) is 0.550. The van der Waals surface area contributed by atoms with Crippen molar-refractivity contribution in [3.63, 3.8) is 0 Å². The Morgan fingerprint density at radius 1 is 1.16 bits per heavy atom. The molecule has 2 aromatic rings. The maximum Gasteiger partial charge on any atom is 0.129 e. The fourth-order valence-electron chi connectivity index (χ4n) is 2.72. The van der Waals surface area contributed by atoms with Crippen molar-refractivity contribution >= 4 is 6.21 Å². The van der Waals surface area contributed by atoms with Crippen molar-refractivity contribution in [2.45, 2.75) is 59.9 Å². The first-order valence-electron chi connectivity index (χ1n) is 8.67. The number of benzene rings is 1. The van der Waals surface area contributed by atoms with Gasteiger partial charge in [-0.15, -0.1) is 5.10 Å². The van der Waals surface area contributed by atoms with Crippen LogP contribution in [-0.4, -0.2) is 33.4 Å². The van der Waals surface area contributed by atoms with Crippen molar-refractivity contribution < 1.29 is 5.11 Å². The van der Waals surface area contributed by atoms with Gasteiger partial charge in [-0.25, -0.2) is 4.68 Å². The zero-order valence-corrected chi connectivity index (χ0v) is 16.5. The van der Waals surface area contributed by atoms with E-state index in [0.29, 0.717) is 6.54 Å². The topological polar surface area (TPSA) is 63.3 Å². The highest BCUT2D eigenvalue weighted by atomic mass is 16.3. The van der Waals surface area contributed by atoms with Crippen molar-refractivity contribution in [2.24, 2.45) is 10.4 Å². The van der Waals surface area contributed by atoms with E-state index < -0.39 is 0 Å². The van der Waals surface area contributed by atoms with Gasteiger partial charge in [-0.2, -0.15) is 0 Å². The highest BCUT2D eigenvalue weighted by Gasteiger charge is 2.19. The van der Waals surface area contributed by atoms with E-state index in [1.807, 2.05) is 18.3 Å². The first-order chi connectivity index (χ1) is 11.5. The average Bonchev–Trinajstić information content (AvgIpc) is 2.87. The van der Waals surface area contributed by atoms with Gasteiger partial charge in [0, 0.05) is 30.6 Å². The van der Waals surface area contributed by atoms with Gasteiger partial charge in [0.2, 0.25) is 0 Å². The first-order valence-corrected chi connectivity index (χ1v) is 8.67. The summed E-state index contributed by atoms with van der Waals surface area (Å²) >= 11 is 0. The quantitative estimate of drug-likeness (QED) is 0.855. The Hall–Kier alpha value is -2.17. The Labute approximate surface area is 150 Å². The van der Waals surface area contributed by atoms with Gasteiger partial charge in [0.05, 0.1) is 12.2 Å². The van der Waals surface area contributed by atoms with Gasteiger partial charge in [-0.3, -0.25) is 4.99 Å². The van der Waals surface area contributed by atoms with Gasteiger partial charge in [0.25, 0.3) is 0 Å². The number of nitrogens with zero attached hydrogens (tertiary/aromatic N) is 4. The Kier molecular flexibility index (Phi) is 5.35. The van der Waals surface area contributed by atoms with E-state index in [4.69, 9.17) is 0 Å². The summed E-state index contributed by atoms with van der Waals surface area (Å²) in [6, 6.07) is 4.05. The molecule has 1 aromatic carbocycles. The molecule has 1 heterocycles. The largest absolute Gasteiger partial charge is 0.507 e. The Balaban J connectivity index is 2.37. The van der Waals surface area contributed by atoms with Crippen molar-refractivity contribution in [1.29, 1.82) is 0 Å². The van der Waals surface area contributed by atoms with Crippen LogP contribution in [0.2, 0.25) is 0 Å². The number of hydrogen-bond donors (Lipinski definition) is 1. The molecule has 1 N–H and O–H groups in total. The van der Waals surface area contributed by atoms with Gasteiger partial charge in [-0.1, -0.05) is 46.8 Å². The van der Waals surface area contributed by atoms with E-state index in [1.165, 1.54) is 0 Å². The number of aromatic hydroxyl groups is 1. The Morgan fingerprint density at radius 2 is 1.84 bits per heavy atom. The molecule has 0 aliphatic heterocycles. The van der Waals surface area contributed by atoms with Crippen molar-refractivity contribution in [3.8, 4) is 5.75 Å². The molecule has 5 heteroatoms. The minimum atomic E-state index is -0.0153. The summed E-state index contributed by atoms with van der Waals surface area (Å²) in [5.41, 5.74) is 3.84. The third kappa shape index (κ3) is 5.15. The van der Waals surface area contributed by atoms with E-state index in [0.717, 1.165) is 28.8 Å². The normalized spacial score (nSPS) is 12.9. The lowest BCUT2D eigenvalue weighted by molar-refractivity contribution is 0.406. The molecule has 25 heavy (non-hydrogen) atoms. The predicted molar refractivity (Wildman–Crippen MR) is 103 cm³/mol. The van der Waals surface area contributed by atoms with Crippen LogP contribution in [0.3, 0.4) is 0 Å². The van der Waals surface area contributed by atoms with Crippen LogP contribution in [0, 0.1) is 5.41 Å². The number of aliphatic imine (C=N–C) groups is 1. The molecular formula is C20H30N4O. The summed E-state index contributed by atoms with van der Waals surface area (Å²) in [7, 11) is 1.71. The SMILES string of the molecule is CN=Cc1cc(C(C)(C)C)cc(Cn2cc(CC(C)(C)C)nn2)c1O. The van der Waals surface area contributed by atoms with E-state index >= 15 is 0 Å². The molecule has 0 saturated carbocycles. The molecule has 0 saturated heterocycles. The lowest BCUT2D eigenvalue weighted by Gasteiger charge is -2.21. The van der Waals surface area contributed by atoms with Crippen molar-refractivity contribution in [2.75, 3.05) is 7.05 Å². The van der Waals surface area contributed by atoms with Crippen LogP contribution in [0.4, 0.5) is 0 Å². The predicted octanol–water partition coefficient (Wildman–Crippen LogP) is 3.97. The molecule has 0 fully saturated rings. The van der Waals surface area contributed by atoms with Crippen LogP contribution in [-0.2, 0) is 18.4 Å². The third-order valence-corrected chi connectivity index (χ3v) is 3.98. The van der Waals surface area contributed by atoms with Crippen LogP contribution < -0.4 is 0 Å². The monoisotopic (exact) mass is 342 g/mol. The van der Waals surface area contributed by atoms with Gasteiger partial charge in [-0.05, 0) is 34.9 Å². The molecule has 1 aromatic heterocycles. The molecule has 5 nitrogen and oxygen atoms in total. The molecule has 0 amide bonds. The van der Waals surface area contributed by atoms with Crippen molar-refractivity contribution in [1.82, 2.24) is 15.0 Å². The molecule has 0 bridgehead atoms. The maximum absolute atomic E-state index is 10.6. The molecule has 0 atom stereocenters. The molecular weight excluding hydrogens is 312 g/mol. The number of phenols is 1. The van der Waals surface area contributed by atoms with Gasteiger partial charge in [0.1, 0.15) is 5.75 Å². The molecule has 2 rings (SSSR count). The molecule has 0 aliphatic rings. The van der Waals surface area contributed by atoms with Gasteiger partial charge in [0.15, 0.2) is 0 Å². The smallest absolute Gasteiger partial charge is 0.129 e. The minimum Gasteiger partial charge on any atom is -0.507 e. The average molecular weight is 342 g/mol. The van der Waals surface area contributed by atoms with Crippen molar-refractivity contribution in [3.05, 3.63) is 40.7 Å². The van der Waals surface area contributed by atoms with E-state index in [9.17, 15) is 5.11 Å². The lowest BCUT2D eigenvalue weighted by Crippen LogP contribution is -2.13. The summed E-state index contributed by atoms with van der Waals surface area (Å²) in [6.45, 7) is 13.5. The summed E-state index contributed by atoms with van der Waals surface area (Å²) in [6.07, 6.45) is 4.53. The zero-order chi connectivity index (χ0) is 18.8. The highest BCUT2D eigenvalue weighted by Crippen LogP contribution is 2.31. The lowest BCUT2D eigenvalue weighted by atomic mass is 9.84. The van der Waals surface area contributed by atoms with Crippen LogP contribution in [0.5, 0.6) is 5.75 Å². The second-order valence-electron chi connectivity index (χ2n) is 8.86. The van der Waals surface area contributed by atoms with Gasteiger partial charge >= 0.3 is 0 Å². The second-order valence-corrected chi connectivity index (χ2v) is 8.86. The van der Waals surface area contributed by atoms with Crippen LogP contribution in [0.1, 0.15) is 63.9 Å². The number of aromatic nitrogens is 3. The maximum atomic E-state index is 10.6. The van der Waals surface area contributed by atoms with E-state index in [-0.39, 0.29) is 16.6 Å². The molecule has 0 aliphatic carbocycles. The summed E-state index contributed by atoms with van der Waals surface area (Å²) in [5.74, 6) is 0.256. The molecule has 0 radical (unpaired) electrons. The number of rotatable bonds is 4. The zero-order valence-electron chi connectivity index (χ0n) is 16.5. The summed E-state index contributed by atoms with van der Waals surface area (Å²) in [5, 5.41) is 19.1. The summed E-state index contributed by atoms with van der Waals surface area (Å²) in [4.78, 5) is 4.06. The Bertz CT molecular complexity index is 761. The number of hydrogen-bond acceptors (Lipinski definition) is 4. The van der Waals surface area contributed by atoms with Gasteiger partial charge < -0.3 is 5.11 Å². The number of phenolic OH excluding ortho intramolecular Hbond substituents is 1. The third-order valence-electron chi connectivity index (χ3n) is 3.98. The van der Waals surface area contributed by atoms with E-state index in [1.54, 1.807) is 17.9 Å². The first kappa shape index (κ1) is 19.2.